The third-order valence-electron chi connectivity index (χ3n) is 6.49. The number of para-hydroxylation sites is 2. The average Bonchev–Trinajstić information content (AvgIpc) is 3.03. The molecule has 44 heavy (non-hydrogen) atoms. The summed E-state index contributed by atoms with van der Waals surface area (Å²) in [6.45, 7) is 6.50. The van der Waals surface area contributed by atoms with Gasteiger partial charge in [0.2, 0.25) is 0 Å². The first-order valence-electron chi connectivity index (χ1n) is 15.8. The summed E-state index contributed by atoms with van der Waals surface area (Å²) in [5.74, 6) is 12.2. The van der Waals surface area contributed by atoms with Gasteiger partial charge in [0.1, 0.15) is 11.4 Å². The molecule has 0 fully saturated rings. The molecule has 3 rings (SSSR count). The van der Waals surface area contributed by atoms with Crippen LogP contribution in [-0.4, -0.2) is 11.4 Å². The molecule has 0 N–H and O–H groups in total. The van der Waals surface area contributed by atoms with Gasteiger partial charge in [-0.05, 0) is 67.4 Å². The van der Waals surface area contributed by atoms with E-state index in [2.05, 4.69) is 44.5 Å². The van der Waals surface area contributed by atoms with Crippen LogP contribution in [0.25, 0.3) is 0 Å². The Kier molecular flexibility index (Phi) is 21.4. The van der Waals surface area contributed by atoms with Gasteiger partial charge >= 0.3 is 16.5 Å². The molecule has 5 heteroatoms. The number of hydrogen-bond acceptors (Lipinski definition) is 4. The minimum absolute atomic E-state index is 0. The van der Waals surface area contributed by atoms with E-state index >= 15 is 0 Å². The molecule has 0 unspecified atom stereocenters. The number of aryl methyl sites for hydroxylation is 1. The van der Waals surface area contributed by atoms with E-state index in [0.29, 0.717) is 11.4 Å². The van der Waals surface area contributed by atoms with E-state index in [1.807, 2.05) is 60.7 Å². The molecular formula is C39H46N2NiO2. The summed E-state index contributed by atoms with van der Waals surface area (Å²) >= 11 is 0. The molecule has 0 aliphatic carbocycles. The molecule has 0 aromatic heterocycles. The molecule has 0 aliphatic heterocycles. The van der Waals surface area contributed by atoms with Gasteiger partial charge in [0.25, 0.3) is 0 Å². The molecule has 0 atom stereocenters. The number of unbranched alkanes of at least 4 members (excludes halogenated alkanes) is 8. The summed E-state index contributed by atoms with van der Waals surface area (Å²) in [5, 5.41) is 21.7. The Labute approximate surface area is 276 Å². The molecular weight excluding hydrogens is 587 g/mol. The van der Waals surface area contributed by atoms with Gasteiger partial charge < -0.3 is 10.2 Å². The first kappa shape index (κ1) is 38.2. The second-order valence-electron chi connectivity index (χ2n) is 10.3. The molecule has 0 bridgehead atoms. The van der Waals surface area contributed by atoms with Crippen LogP contribution in [-0.2, 0) is 22.9 Å². The van der Waals surface area contributed by atoms with Gasteiger partial charge in [-0.1, -0.05) is 126 Å². The maximum absolute atomic E-state index is 11.0. The van der Waals surface area contributed by atoms with Crippen molar-refractivity contribution in [3.63, 3.8) is 0 Å². The van der Waals surface area contributed by atoms with Gasteiger partial charge in [-0.15, -0.1) is 11.5 Å². The van der Waals surface area contributed by atoms with Crippen molar-refractivity contribution < 1.29 is 26.7 Å². The predicted octanol–water partition coefficient (Wildman–Crippen LogP) is 9.26. The molecule has 0 heterocycles. The van der Waals surface area contributed by atoms with Crippen LogP contribution in [0.2, 0.25) is 0 Å². The van der Waals surface area contributed by atoms with Crippen LogP contribution in [0.4, 0.5) is 11.4 Å². The van der Waals surface area contributed by atoms with E-state index < -0.39 is 5.75 Å². The van der Waals surface area contributed by atoms with Gasteiger partial charge in [-0.2, -0.15) is 0 Å². The van der Waals surface area contributed by atoms with Gasteiger partial charge in [0.15, 0.2) is 0 Å². The molecule has 0 amide bonds. The van der Waals surface area contributed by atoms with E-state index in [-0.39, 0.29) is 22.2 Å². The molecule has 3 aromatic carbocycles. The number of hydrogen-bond donors (Lipinski definition) is 0. The van der Waals surface area contributed by atoms with Gasteiger partial charge in [0.05, 0.1) is 11.4 Å². The third kappa shape index (κ3) is 16.7. The summed E-state index contributed by atoms with van der Waals surface area (Å²) in [4.78, 5) is 9.57. The van der Waals surface area contributed by atoms with Crippen LogP contribution >= 0.6 is 0 Å². The molecule has 0 saturated heterocycles. The van der Waals surface area contributed by atoms with E-state index in [9.17, 15) is 10.2 Å². The van der Waals surface area contributed by atoms with Crippen molar-refractivity contribution in [3.05, 3.63) is 84.4 Å². The fourth-order valence-electron chi connectivity index (χ4n) is 4.06. The molecule has 4 nitrogen and oxygen atoms in total. The fourth-order valence-corrected chi connectivity index (χ4v) is 4.06. The topological polar surface area (TPSA) is 70.8 Å². The second-order valence-corrected chi connectivity index (χ2v) is 10.3. The van der Waals surface area contributed by atoms with Crippen molar-refractivity contribution >= 4 is 22.8 Å². The maximum Gasteiger partial charge on any atom is 2.00 e. The largest absolute Gasteiger partial charge is 2.00 e. The zero-order chi connectivity index (χ0) is 31.0. The maximum atomic E-state index is 11.0. The molecule has 0 saturated carbocycles. The van der Waals surface area contributed by atoms with Crippen LogP contribution in [0.1, 0.15) is 97.0 Å². The SMILES string of the molecule is CCCC#CC(=Nc1ccccc1)C(C#CCCCCCCC)=Nc1ccccc1.CCCCCc1ccc([O-])c([O-])c1.[Ni+2]. The van der Waals surface area contributed by atoms with Crippen LogP contribution in [0.5, 0.6) is 11.5 Å². The normalized spacial score (nSPS) is 10.7. The Balaban J connectivity index is 0.000000579. The van der Waals surface area contributed by atoms with Crippen molar-refractivity contribution in [2.24, 2.45) is 9.98 Å². The van der Waals surface area contributed by atoms with Crippen molar-refractivity contribution in [1.29, 1.82) is 0 Å². The number of benzene rings is 3. The van der Waals surface area contributed by atoms with E-state index in [4.69, 9.17) is 9.98 Å². The molecule has 3 aromatic rings. The van der Waals surface area contributed by atoms with Crippen molar-refractivity contribution in [2.75, 3.05) is 0 Å². The second kappa shape index (κ2) is 24.6. The van der Waals surface area contributed by atoms with Gasteiger partial charge in [0, 0.05) is 12.8 Å². The molecule has 0 spiro atoms. The summed E-state index contributed by atoms with van der Waals surface area (Å²) in [6.07, 6.45) is 13.3. The van der Waals surface area contributed by atoms with Gasteiger partial charge in [-0.25, -0.2) is 9.98 Å². The molecule has 0 aliphatic rings. The zero-order valence-corrected chi connectivity index (χ0v) is 27.5. The van der Waals surface area contributed by atoms with E-state index in [0.717, 1.165) is 55.5 Å². The minimum atomic E-state index is -0.403. The van der Waals surface area contributed by atoms with Gasteiger partial charge in [-0.3, -0.25) is 0 Å². The van der Waals surface area contributed by atoms with Crippen molar-refractivity contribution in [1.82, 2.24) is 0 Å². The quantitative estimate of drug-likeness (QED) is 0.0815. The Hall–Kier alpha value is -3.79. The standard InChI is InChI=1S/C28H32N2.C11H16O2.Ni/c1-3-5-7-8-9-10-18-24-28(30-26-21-16-12-17-22-26)27(23-13-6-4-2)29-25-19-14-11-15-20-25;1-2-3-4-5-9-6-7-10(12)11(13)8-9;/h11-12,14-17,19-22H,3-10H2,1-2H3;6-8,12-13H,2-5H2,1H3;/q;;+2/p-2. The zero-order valence-electron chi connectivity index (χ0n) is 26.5. The summed E-state index contributed by atoms with van der Waals surface area (Å²) < 4.78 is 0. The Morgan fingerprint density at radius 2 is 1.09 bits per heavy atom. The predicted molar refractivity (Wildman–Crippen MR) is 179 cm³/mol. The smallest absolute Gasteiger partial charge is 0.873 e. The molecule has 0 radical (unpaired) electrons. The van der Waals surface area contributed by atoms with Crippen molar-refractivity contribution in [2.45, 2.75) is 97.8 Å². The minimum Gasteiger partial charge on any atom is -0.873 e. The van der Waals surface area contributed by atoms with E-state index in [1.165, 1.54) is 50.7 Å². The summed E-state index contributed by atoms with van der Waals surface area (Å²) in [5.41, 5.74) is 3.99. The third-order valence-corrected chi connectivity index (χ3v) is 6.49. The summed E-state index contributed by atoms with van der Waals surface area (Å²) in [7, 11) is 0. The molecule has 234 valence electrons. The summed E-state index contributed by atoms with van der Waals surface area (Å²) in [6, 6.07) is 24.4. The van der Waals surface area contributed by atoms with Crippen LogP contribution in [0.15, 0.2) is 88.8 Å². The number of aliphatic imine (C=N–C) groups is 2. The number of rotatable bonds is 13. The Morgan fingerprint density at radius 3 is 1.61 bits per heavy atom. The first-order valence-corrected chi connectivity index (χ1v) is 15.8. The first-order chi connectivity index (χ1) is 21.1. The van der Waals surface area contributed by atoms with Crippen LogP contribution < -0.4 is 10.2 Å². The monoisotopic (exact) mass is 632 g/mol. The number of nitrogens with zero attached hydrogens (tertiary/aromatic N) is 2. The van der Waals surface area contributed by atoms with Crippen LogP contribution in [0, 0.1) is 23.7 Å². The Bertz CT molecular complexity index is 1380. The van der Waals surface area contributed by atoms with Crippen molar-refractivity contribution in [3.8, 4) is 35.2 Å². The fraction of sp³-hybridized carbons (Fsp3) is 0.385. The van der Waals surface area contributed by atoms with Crippen LogP contribution in [0.3, 0.4) is 0 Å². The Morgan fingerprint density at radius 1 is 0.568 bits per heavy atom. The van der Waals surface area contributed by atoms with E-state index in [1.54, 1.807) is 6.07 Å². The average molecular weight is 634 g/mol.